The molecule has 0 atom stereocenters. The second-order valence-electron chi connectivity index (χ2n) is 4.51. The number of ether oxygens (including phenoxy) is 1. The smallest absolute Gasteiger partial charge is 0.239 e. The molecule has 0 fully saturated rings. The van der Waals surface area contributed by atoms with Gasteiger partial charge in [-0.15, -0.1) is 0 Å². The molecule has 0 saturated carbocycles. The topological polar surface area (TPSA) is 88.8 Å². The summed E-state index contributed by atoms with van der Waals surface area (Å²) in [6.45, 7) is 3.50. The highest BCUT2D eigenvalue weighted by atomic mass is 16.5. The van der Waals surface area contributed by atoms with E-state index in [9.17, 15) is 0 Å². The van der Waals surface area contributed by atoms with Gasteiger partial charge >= 0.3 is 0 Å². The predicted molar refractivity (Wildman–Crippen MR) is 79.8 cm³/mol. The number of hydrogen-bond donors (Lipinski definition) is 3. The Labute approximate surface area is 118 Å². The van der Waals surface area contributed by atoms with Gasteiger partial charge in [0.25, 0.3) is 0 Å². The molecular formula is C14H21N5O. The van der Waals surface area contributed by atoms with Crippen molar-refractivity contribution >= 4 is 11.5 Å². The standard InChI is InChI=1S/C14H21N5O/c1-2-10-20-14-11(15)5-6-13(19-14)16-7-3-4-12-17-8-9-18-12/h5-6,8-9H,2-4,7,10,15H2,1H3,(H,16,19)(H,17,18). The van der Waals surface area contributed by atoms with E-state index >= 15 is 0 Å². The van der Waals surface area contributed by atoms with E-state index in [1.54, 1.807) is 6.20 Å². The maximum Gasteiger partial charge on any atom is 0.239 e. The van der Waals surface area contributed by atoms with Gasteiger partial charge in [-0.05, 0) is 25.0 Å². The fourth-order valence-corrected chi connectivity index (χ4v) is 1.77. The van der Waals surface area contributed by atoms with Gasteiger partial charge in [-0.3, -0.25) is 0 Å². The van der Waals surface area contributed by atoms with Crippen LogP contribution in [0.4, 0.5) is 11.5 Å². The van der Waals surface area contributed by atoms with Gasteiger partial charge in [0, 0.05) is 25.4 Å². The maximum absolute atomic E-state index is 5.82. The summed E-state index contributed by atoms with van der Waals surface area (Å²) >= 11 is 0. The molecule has 2 rings (SSSR count). The van der Waals surface area contributed by atoms with Gasteiger partial charge in [-0.2, -0.15) is 4.98 Å². The highest BCUT2D eigenvalue weighted by Gasteiger charge is 2.04. The number of hydrogen-bond acceptors (Lipinski definition) is 5. The monoisotopic (exact) mass is 275 g/mol. The Bertz CT molecular complexity index is 512. The summed E-state index contributed by atoms with van der Waals surface area (Å²) in [5.74, 6) is 2.29. The number of imidazole rings is 1. The molecule has 20 heavy (non-hydrogen) atoms. The molecule has 2 aromatic heterocycles. The number of nitrogens with two attached hydrogens (primary N) is 1. The number of aromatic amines is 1. The molecule has 0 aliphatic heterocycles. The van der Waals surface area contributed by atoms with Gasteiger partial charge < -0.3 is 20.8 Å². The van der Waals surface area contributed by atoms with Crippen LogP contribution in [0.15, 0.2) is 24.5 Å². The van der Waals surface area contributed by atoms with Gasteiger partial charge in [-0.25, -0.2) is 4.98 Å². The van der Waals surface area contributed by atoms with Crippen LogP contribution in [-0.4, -0.2) is 28.1 Å². The summed E-state index contributed by atoms with van der Waals surface area (Å²) in [5.41, 5.74) is 6.39. The van der Waals surface area contributed by atoms with E-state index in [0.717, 1.165) is 37.4 Å². The van der Waals surface area contributed by atoms with Gasteiger partial charge in [0.1, 0.15) is 11.6 Å². The largest absolute Gasteiger partial charge is 0.476 e. The van der Waals surface area contributed by atoms with Crippen LogP contribution in [0.5, 0.6) is 5.88 Å². The Morgan fingerprint density at radius 2 is 2.30 bits per heavy atom. The molecule has 6 heteroatoms. The van der Waals surface area contributed by atoms with Crippen molar-refractivity contribution in [2.75, 3.05) is 24.2 Å². The first-order valence-electron chi connectivity index (χ1n) is 6.91. The molecule has 0 spiro atoms. The van der Waals surface area contributed by atoms with Crippen molar-refractivity contribution in [3.63, 3.8) is 0 Å². The van der Waals surface area contributed by atoms with Crippen LogP contribution in [0.25, 0.3) is 0 Å². The summed E-state index contributed by atoms with van der Waals surface area (Å²) in [6.07, 6.45) is 6.42. The third-order valence-electron chi connectivity index (χ3n) is 2.78. The van der Waals surface area contributed by atoms with Crippen molar-refractivity contribution in [1.29, 1.82) is 0 Å². The van der Waals surface area contributed by atoms with Gasteiger partial charge in [-0.1, -0.05) is 6.92 Å². The van der Waals surface area contributed by atoms with Crippen LogP contribution in [0, 0.1) is 0 Å². The second-order valence-corrected chi connectivity index (χ2v) is 4.51. The normalized spacial score (nSPS) is 10.4. The van der Waals surface area contributed by atoms with E-state index < -0.39 is 0 Å². The molecule has 0 amide bonds. The molecule has 0 unspecified atom stereocenters. The van der Waals surface area contributed by atoms with Crippen LogP contribution in [0.3, 0.4) is 0 Å². The third-order valence-corrected chi connectivity index (χ3v) is 2.78. The number of nitrogen functional groups attached to an aromatic ring is 1. The molecule has 0 radical (unpaired) electrons. The van der Waals surface area contributed by atoms with E-state index in [1.165, 1.54) is 0 Å². The second kappa shape index (κ2) is 7.37. The van der Waals surface area contributed by atoms with Crippen molar-refractivity contribution in [3.05, 3.63) is 30.4 Å². The highest BCUT2D eigenvalue weighted by molar-refractivity contribution is 5.53. The Morgan fingerprint density at radius 1 is 1.40 bits per heavy atom. The first kappa shape index (κ1) is 14.2. The molecule has 108 valence electrons. The molecule has 0 aromatic carbocycles. The number of anilines is 2. The first-order valence-corrected chi connectivity index (χ1v) is 6.91. The Balaban J connectivity index is 1.80. The first-order chi connectivity index (χ1) is 9.79. The van der Waals surface area contributed by atoms with Crippen molar-refractivity contribution in [3.8, 4) is 5.88 Å². The van der Waals surface area contributed by atoms with Crippen LogP contribution in [0.2, 0.25) is 0 Å². The van der Waals surface area contributed by atoms with E-state index in [4.69, 9.17) is 10.5 Å². The zero-order valence-corrected chi connectivity index (χ0v) is 11.7. The summed E-state index contributed by atoms with van der Waals surface area (Å²) in [6, 6.07) is 3.67. The highest BCUT2D eigenvalue weighted by Crippen LogP contribution is 2.20. The predicted octanol–water partition coefficient (Wildman–Crippen LogP) is 2.22. The molecule has 4 N–H and O–H groups in total. The zero-order valence-electron chi connectivity index (χ0n) is 11.7. The molecule has 0 saturated heterocycles. The number of H-pyrrole nitrogens is 1. The molecule has 0 aliphatic carbocycles. The average molecular weight is 275 g/mol. The minimum absolute atomic E-state index is 0.503. The van der Waals surface area contributed by atoms with Crippen molar-refractivity contribution in [1.82, 2.24) is 15.0 Å². The summed E-state index contributed by atoms with van der Waals surface area (Å²) in [5, 5.41) is 3.26. The fourth-order valence-electron chi connectivity index (χ4n) is 1.77. The SMILES string of the molecule is CCCOc1nc(NCCCc2ncc[nH]2)ccc1N. The lowest BCUT2D eigenvalue weighted by molar-refractivity contribution is 0.307. The van der Waals surface area contributed by atoms with Crippen molar-refractivity contribution in [2.24, 2.45) is 0 Å². The number of nitrogens with one attached hydrogen (secondary N) is 2. The van der Waals surface area contributed by atoms with E-state index in [2.05, 4.69) is 20.3 Å². The number of rotatable bonds is 8. The van der Waals surface area contributed by atoms with Gasteiger partial charge in [0.2, 0.25) is 5.88 Å². The Hall–Kier alpha value is -2.24. The third kappa shape index (κ3) is 4.15. The fraction of sp³-hybridized carbons (Fsp3) is 0.429. The van der Waals surface area contributed by atoms with E-state index in [-0.39, 0.29) is 0 Å². The quantitative estimate of drug-likeness (QED) is 0.643. The zero-order chi connectivity index (χ0) is 14.2. The van der Waals surface area contributed by atoms with Crippen LogP contribution >= 0.6 is 0 Å². The molecule has 0 bridgehead atoms. The van der Waals surface area contributed by atoms with Gasteiger partial charge in [0.05, 0.1) is 12.3 Å². The number of aromatic nitrogens is 3. The van der Waals surface area contributed by atoms with Crippen molar-refractivity contribution in [2.45, 2.75) is 26.2 Å². The van der Waals surface area contributed by atoms with Crippen molar-refractivity contribution < 1.29 is 4.74 Å². The molecule has 2 aromatic rings. The Kier molecular flexibility index (Phi) is 5.23. The van der Waals surface area contributed by atoms with E-state index in [0.29, 0.717) is 18.2 Å². The molecule has 0 aliphatic rings. The minimum Gasteiger partial charge on any atom is -0.476 e. The molecular weight excluding hydrogens is 254 g/mol. The molecule has 6 nitrogen and oxygen atoms in total. The summed E-state index contributed by atoms with van der Waals surface area (Å²) < 4.78 is 5.50. The van der Waals surface area contributed by atoms with E-state index in [1.807, 2.05) is 25.3 Å². The lowest BCUT2D eigenvalue weighted by Crippen LogP contribution is -2.07. The number of pyridine rings is 1. The minimum atomic E-state index is 0.503. The van der Waals surface area contributed by atoms with Crippen LogP contribution in [0.1, 0.15) is 25.6 Å². The van der Waals surface area contributed by atoms with Crippen LogP contribution < -0.4 is 15.8 Å². The lowest BCUT2D eigenvalue weighted by Gasteiger charge is -2.10. The lowest BCUT2D eigenvalue weighted by atomic mass is 10.3. The molecule has 2 heterocycles. The van der Waals surface area contributed by atoms with Crippen LogP contribution in [-0.2, 0) is 6.42 Å². The van der Waals surface area contributed by atoms with Gasteiger partial charge in [0.15, 0.2) is 0 Å². The Morgan fingerprint density at radius 3 is 3.05 bits per heavy atom. The number of aryl methyl sites for hydroxylation is 1. The average Bonchev–Trinajstić information content (AvgIpc) is 2.97. The maximum atomic E-state index is 5.82. The summed E-state index contributed by atoms with van der Waals surface area (Å²) in [4.78, 5) is 11.6. The number of nitrogens with zero attached hydrogens (tertiary/aromatic N) is 2. The summed E-state index contributed by atoms with van der Waals surface area (Å²) in [7, 11) is 0.